The van der Waals surface area contributed by atoms with Crippen LogP contribution in [-0.2, 0) is 14.6 Å². The Labute approximate surface area is 171 Å². The van der Waals surface area contributed by atoms with Gasteiger partial charge in [0.2, 0.25) is 5.95 Å². The summed E-state index contributed by atoms with van der Waals surface area (Å²) in [4.78, 5) is 11.9. The molecule has 1 saturated heterocycles. The quantitative estimate of drug-likeness (QED) is 0.657. The van der Waals surface area contributed by atoms with E-state index in [-0.39, 0.29) is 23.4 Å². The Kier molecular flexibility index (Phi) is 5.48. The molecule has 1 aliphatic heterocycles. The van der Waals surface area contributed by atoms with E-state index in [0.717, 1.165) is 37.4 Å². The molecule has 4 rings (SSSR count). The van der Waals surface area contributed by atoms with Gasteiger partial charge >= 0.3 is 0 Å². The maximum absolute atomic E-state index is 14.5. The van der Waals surface area contributed by atoms with Crippen LogP contribution in [0.25, 0.3) is 11.4 Å². The molecule has 11 heteroatoms. The molecule has 30 heavy (non-hydrogen) atoms. The van der Waals surface area contributed by atoms with E-state index in [1.807, 2.05) is 4.57 Å². The van der Waals surface area contributed by atoms with Gasteiger partial charge in [0.1, 0.15) is 16.4 Å². The van der Waals surface area contributed by atoms with Crippen LogP contribution >= 0.6 is 0 Å². The zero-order valence-electron chi connectivity index (χ0n) is 16.0. The van der Waals surface area contributed by atoms with Crippen molar-refractivity contribution in [2.45, 2.75) is 23.8 Å². The molecule has 0 radical (unpaired) electrons. The number of hydrogen-bond donors (Lipinski definition) is 1. The summed E-state index contributed by atoms with van der Waals surface area (Å²) in [5.41, 5.74) is 0.795. The SMILES string of the molecule is CS(=O)(=O)c1ccc(Nc2ncc(F)c(-c3cncn3C3CCOCC3)n2)cc1F. The van der Waals surface area contributed by atoms with Crippen LogP contribution in [0.4, 0.5) is 20.4 Å². The highest BCUT2D eigenvalue weighted by atomic mass is 32.2. The van der Waals surface area contributed by atoms with Gasteiger partial charge in [0, 0.05) is 31.2 Å². The Hall–Kier alpha value is -2.92. The minimum atomic E-state index is -3.68. The van der Waals surface area contributed by atoms with Gasteiger partial charge in [-0.2, -0.15) is 0 Å². The van der Waals surface area contributed by atoms with Crippen LogP contribution in [0.15, 0.2) is 41.8 Å². The normalized spacial score (nSPS) is 15.3. The predicted molar refractivity (Wildman–Crippen MR) is 105 cm³/mol. The third-order valence-corrected chi connectivity index (χ3v) is 5.95. The second-order valence-corrected chi connectivity index (χ2v) is 8.95. The van der Waals surface area contributed by atoms with Crippen LogP contribution in [0.5, 0.6) is 0 Å². The molecule has 1 aromatic carbocycles. The number of ether oxygens (including phenoxy) is 1. The largest absolute Gasteiger partial charge is 0.381 e. The lowest BCUT2D eigenvalue weighted by Crippen LogP contribution is -2.20. The second-order valence-electron chi connectivity index (χ2n) is 6.96. The lowest BCUT2D eigenvalue weighted by atomic mass is 10.1. The van der Waals surface area contributed by atoms with Gasteiger partial charge in [-0.1, -0.05) is 0 Å². The smallest absolute Gasteiger partial charge is 0.227 e. The number of imidazole rings is 1. The summed E-state index contributed by atoms with van der Waals surface area (Å²) in [5.74, 6) is -1.48. The summed E-state index contributed by atoms with van der Waals surface area (Å²) in [6.07, 6.45) is 6.69. The zero-order valence-corrected chi connectivity index (χ0v) is 16.9. The highest BCUT2D eigenvalue weighted by Crippen LogP contribution is 2.29. The van der Waals surface area contributed by atoms with E-state index >= 15 is 0 Å². The highest BCUT2D eigenvalue weighted by Gasteiger charge is 2.22. The Morgan fingerprint density at radius 3 is 2.63 bits per heavy atom. The van der Waals surface area contributed by atoms with Crippen molar-refractivity contribution in [2.75, 3.05) is 24.8 Å². The van der Waals surface area contributed by atoms with E-state index in [9.17, 15) is 17.2 Å². The fraction of sp³-hybridized carbons (Fsp3) is 0.316. The van der Waals surface area contributed by atoms with Crippen LogP contribution in [0.2, 0.25) is 0 Å². The van der Waals surface area contributed by atoms with E-state index in [2.05, 4.69) is 20.3 Å². The fourth-order valence-electron chi connectivity index (χ4n) is 3.36. The molecule has 0 aliphatic carbocycles. The number of sulfone groups is 1. The molecule has 0 atom stereocenters. The van der Waals surface area contributed by atoms with Gasteiger partial charge in [-0.05, 0) is 31.0 Å². The van der Waals surface area contributed by atoms with Crippen LogP contribution in [-0.4, -0.2) is 47.4 Å². The number of anilines is 2. The number of hydrogen-bond acceptors (Lipinski definition) is 7. The van der Waals surface area contributed by atoms with E-state index in [4.69, 9.17) is 4.74 Å². The molecule has 3 heterocycles. The van der Waals surface area contributed by atoms with Gasteiger partial charge in [0.25, 0.3) is 0 Å². The summed E-state index contributed by atoms with van der Waals surface area (Å²) in [7, 11) is -3.68. The van der Waals surface area contributed by atoms with E-state index in [0.29, 0.717) is 18.9 Å². The summed E-state index contributed by atoms with van der Waals surface area (Å²) in [6, 6.07) is 3.69. The maximum Gasteiger partial charge on any atom is 0.227 e. The Balaban J connectivity index is 1.64. The van der Waals surface area contributed by atoms with Crippen molar-refractivity contribution >= 4 is 21.5 Å². The molecule has 2 aromatic heterocycles. The molecule has 8 nitrogen and oxygen atoms in total. The standard InChI is InChI=1S/C19H19F2N5O3S/c1-30(27,28)17-3-2-12(8-14(17)20)24-19-23-9-15(21)18(25-19)16-10-22-11-26(16)13-4-6-29-7-5-13/h2-3,8-11,13H,4-7H2,1H3,(H,23,24,25). The van der Waals surface area contributed by atoms with Crippen LogP contribution in [0.3, 0.4) is 0 Å². The Morgan fingerprint density at radius 2 is 1.93 bits per heavy atom. The van der Waals surface area contributed by atoms with Gasteiger partial charge in [-0.3, -0.25) is 0 Å². The molecular weight excluding hydrogens is 416 g/mol. The summed E-state index contributed by atoms with van der Waals surface area (Å²) >= 11 is 0. The van der Waals surface area contributed by atoms with Crippen molar-refractivity contribution in [1.82, 2.24) is 19.5 Å². The third kappa shape index (κ3) is 4.17. The number of halogens is 2. The number of rotatable bonds is 5. The summed E-state index contributed by atoms with van der Waals surface area (Å²) < 4.78 is 59.0. The zero-order chi connectivity index (χ0) is 21.3. The van der Waals surface area contributed by atoms with Crippen LogP contribution < -0.4 is 5.32 Å². The van der Waals surface area contributed by atoms with Gasteiger partial charge in [0.15, 0.2) is 15.7 Å². The van der Waals surface area contributed by atoms with Crippen molar-refractivity contribution in [2.24, 2.45) is 0 Å². The van der Waals surface area contributed by atoms with E-state index in [1.165, 1.54) is 12.3 Å². The topological polar surface area (TPSA) is 99.0 Å². The third-order valence-electron chi connectivity index (χ3n) is 4.82. The molecule has 158 valence electrons. The monoisotopic (exact) mass is 435 g/mol. The first kappa shape index (κ1) is 20.4. The second kappa shape index (κ2) is 8.07. The molecule has 1 N–H and O–H groups in total. The Bertz CT molecular complexity index is 1180. The highest BCUT2D eigenvalue weighted by molar-refractivity contribution is 7.90. The number of benzene rings is 1. The first-order valence-corrected chi connectivity index (χ1v) is 11.1. The number of nitrogens with one attached hydrogen (secondary N) is 1. The molecule has 3 aromatic rings. The molecule has 0 spiro atoms. The van der Waals surface area contributed by atoms with Gasteiger partial charge < -0.3 is 14.6 Å². The molecule has 0 amide bonds. The lowest BCUT2D eigenvalue weighted by molar-refractivity contribution is 0.0699. The first-order valence-electron chi connectivity index (χ1n) is 9.22. The van der Waals surface area contributed by atoms with Crippen LogP contribution in [0.1, 0.15) is 18.9 Å². The van der Waals surface area contributed by atoms with Crippen molar-refractivity contribution in [1.29, 1.82) is 0 Å². The molecule has 0 bridgehead atoms. The first-order chi connectivity index (χ1) is 14.3. The number of aromatic nitrogens is 4. The van der Waals surface area contributed by atoms with E-state index < -0.39 is 26.4 Å². The van der Waals surface area contributed by atoms with Crippen molar-refractivity contribution in [3.63, 3.8) is 0 Å². The van der Waals surface area contributed by atoms with Gasteiger partial charge in [-0.15, -0.1) is 0 Å². The van der Waals surface area contributed by atoms with Crippen LogP contribution in [0, 0.1) is 11.6 Å². The van der Waals surface area contributed by atoms with Crippen molar-refractivity contribution < 1.29 is 21.9 Å². The van der Waals surface area contributed by atoms with Gasteiger partial charge in [-0.25, -0.2) is 32.2 Å². The molecule has 0 saturated carbocycles. The lowest BCUT2D eigenvalue weighted by Gasteiger charge is -2.25. The molecule has 0 unspecified atom stereocenters. The van der Waals surface area contributed by atoms with E-state index in [1.54, 1.807) is 6.33 Å². The van der Waals surface area contributed by atoms with Gasteiger partial charge in [0.05, 0.1) is 24.4 Å². The molecule has 1 fully saturated rings. The van der Waals surface area contributed by atoms with Crippen molar-refractivity contribution in [3.8, 4) is 11.4 Å². The molecular formula is C19H19F2N5O3S. The minimum absolute atomic E-state index is 0.0395. The predicted octanol–water partition coefficient (Wildman–Crippen LogP) is 3.12. The maximum atomic E-state index is 14.5. The average molecular weight is 435 g/mol. The molecule has 1 aliphatic rings. The average Bonchev–Trinajstić information content (AvgIpc) is 3.19. The summed E-state index contributed by atoms with van der Waals surface area (Å²) in [6.45, 7) is 1.24. The Morgan fingerprint density at radius 1 is 1.17 bits per heavy atom. The van der Waals surface area contributed by atoms with Crippen molar-refractivity contribution in [3.05, 3.63) is 48.6 Å². The fourth-order valence-corrected chi connectivity index (χ4v) is 4.09. The number of nitrogens with zero attached hydrogens (tertiary/aromatic N) is 4. The summed E-state index contributed by atoms with van der Waals surface area (Å²) in [5, 5.41) is 2.78. The minimum Gasteiger partial charge on any atom is -0.381 e.